The highest BCUT2D eigenvalue weighted by Crippen LogP contribution is 2.30. The second-order valence-electron chi connectivity index (χ2n) is 9.17. The zero-order valence-corrected chi connectivity index (χ0v) is 24.5. The molecule has 10 heteroatoms. The summed E-state index contributed by atoms with van der Waals surface area (Å²) in [5, 5.41) is 9.70. The lowest BCUT2D eigenvalue weighted by Gasteiger charge is -2.17. The van der Waals surface area contributed by atoms with Gasteiger partial charge in [0.15, 0.2) is 0 Å². The van der Waals surface area contributed by atoms with Crippen LogP contribution in [0.2, 0.25) is 0 Å². The van der Waals surface area contributed by atoms with E-state index in [1.54, 1.807) is 37.4 Å². The van der Waals surface area contributed by atoms with Crippen LogP contribution >= 0.6 is 0 Å². The zero-order chi connectivity index (χ0) is 30.9. The maximum absolute atomic E-state index is 11.0. The molecule has 0 saturated heterocycles. The first-order valence-corrected chi connectivity index (χ1v) is 13.6. The SMILES string of the molecule is C=CC(=O)OCCCOc1ccc(OCOc2ccc(C(OO)c3ccc(C(=C)OCCOCOC)cc3)cc2C)cc1. The van der Waals surface area contributed by atoms with Crippen LogP contribution in [0.15, 0.2) is 86.0 Å². The minimum atomic E-state index is -0.697. The standard InChI is InChI=1S/C33H38O10/c1-5-32(34)40-18-6-17-39-29-12-14-30(15-13-29)41-23-42-31-16-11-28(21-24(31)2)33(43-35)27-9-7-26(8-10-27)25(3)38-20-19-37-22-36-4/h5,7-16,21,33,35H,1,3,6,17-20,22-23H2,2,4H3. The van der Waals surface area contributed by atoms with E-state index in [9.17, 15) is 10.1 Å². The lowest BCUT2D eigenvalue weighted by molar-refractivity contribution is -0.270. The Kier molecular flexibility index (Phi) is 14.1. The van der Waals surface area contributed by atoms with E-state index >= 15 is 0 Å². The molecule has 0 spiro atoms. The van der Waals surface area contributed by atoms with Crippen molar-refractivity contribution < 1.29 is 48.1 Å². The van der Waals surface area contributed by atoms with Crippen molar-refractivity contribution in [2.75, 3.05) is 47.1 Å². The fraction of sp³-hybridized carbons (Fsp3) is 0.303. The number of carbonyl (C=O) groups is 1. The predicted octanol–water partition coefficient (Wildman–Crippen LogP) is 6.10. The molecule has 230 valence electrons. The van der Waals surface area contributed by atoms with Crippen molar-refractivity contribution in [1.29, 1.82) is 0 Å². The molecule has 0 aromatic heterocycles. The van der Waals surface area contributed by atoms with Crippen molar-refractivity contribution in [2.45, 2.75) is 19.4 Å². The van der Waals surface area contributed by atoms with Crippen LogP contribution in [0.5, 0.6) is 17.2 Å². The molecule has 3 rings (SSSR count). The van der Waals surface area contributed by atoms with Gasteiger partial charge in [0.25, 0.3) is 0 Å². The Labute approximate surface area is 251 Å². The van der Waals surface area contributed by atoms with Crippen molar-refractivity contribution >= 4 is 11.7 Å². The lowest BCUT2D eigenvalue weighted by Crippen LogP contribution is -2.08. The Bertz CT molecular complexity index is 1290. The van der Waals surface area contributed by atoms with Gasteiger partial charge in [-0.3, -0.25) is 5.26 Å². The topological polar surface area (TPSA) is 111 Å². The third kappa shape index (κ3) is 11.1. The van der Waals surface area contributed by atoms with Crippen molar-refractivity contribution in [3.05, 3.63) is 108 Å². The minimum Gasteiger partial charge on any atom is -0.493 e. The van der Waals surface area contributed by atoms with Gasteiger partial charge in [-0.05, 0) is 60.0 Å². The summed E-state index contributed by atoms with van der Waals surface area (Å²) in [6.07, 6.45) is 1.00. The number of ether oxygens (including phenoxy) is 7. The van der Waals surface area contributed by atoms with Gasteiger partial charge in [-0.2, -0.15) is 0 Å². The minimum absolute atomic E-state index is 0.000909. The number of esters is 1. The van der Waals surface area contributed by atoms with Gasteiger partial charge in [-0.25, -0.2) is 9.68 Å². The highest BCUT2D eigenvalue weighted by Gasteiger charge is 2.17. The molecular formula is C33H38O10. The van der Waals surface area contributed by atoms with Gasteiger partial charge in [0, 0.05) is 25.2 Å². The predicted molar refractivity (Wildman–Crippen MR) is 160 cm³/mol. The molecule has 0 saturated carbocycles. The van der Waals surface area contributed by atoms with E-state index in [1.807, 2.05) is 43.3 Å². The van der Waals surface area contributed by atoms with Gasteiger partial charge in [-0.1, -0.05) is 43.5 Å². The van der Waals surface area contributed by atoms with Gasteiger partial charge < -0.3 is 33.2 Å². The van der Waals surface area contributed by atoms with Crippen LogP contribution in [0.4, 0.5) is 0 Å². The molecule has 3 aromatic rings. The second-order valence-corrected chi connectivity index (χ2v) is 9.17. The third-order valence-electron chi connectivity index (χ3n) is 6.08. The average molecular weight is 595 g/mol. The number of hydrogen-bond donors (Lipinski definition) is 1. The van der Waals surface area contributed by atoms with Crippen molar-refractivity contribution in [3.63, 3.8) is 0 Å². The summed E-state index contributed by atoms with van der Waals surface area (Å²) in [4.78, 5) is 15.9. The van der Waals surface area contributed by atoms with E-state index in [0.29, 0.717) is 49.2 Å². The summed E-state index contributed by atoms with van der Waals surface area (Å²) < 4.78 is 37.7. The molecule has 0 radical (unpaired) electrons. The Hall–Kier alpha value is -4.35. The van der Waals surface area contributed by atoms with Gasteiger partial charge in [0.1, 0.15) is 42.5 Å². The van der Waals surface area contributed by atoms with E-state index in [2.05, 4.69) is 13.2 Å². The van der Waals surface area contributed by atoms with E-state index in [-0.39, 0.29) is 20.2 Å². The third-order valence-corrected chi connectivity index (χ3v) is 6.08. The monoisotopic (exact) mass is 594 g/mol. The molecule has 0 amide bonds. The summed E-state index contributed by atoms with van der Waals surface area (Å²) >= 11 is 0. The molecular weight excluding hydrogens is 556 g/mol. The normalized spacial score (nSPS) is 11.3. The smallest absolute Gasteiger partial charge is 0.330 e. The first kappa shape index (κ1) is 33.2. The molecule has 1 N–H and O–H groups in total. The number of rotatable bonds is 20. The Morgan fingerprint density at radius 3 is 2.19 bits per heavy atom. The summed E-state index contributed by atoms with van der Waals surface area (Å²) in [7, 11) is 1.56. The molecule has 0 aliphatic rings. The van der Waals surface area contributed by atoms with Gasteiger partial charge >= 0.3 is 5.97 Å². The Balaban J connectivity index is 1.46. The Morgan fingerprint density at radius 2 is 1.53 bits per heavy atom. The Morgan fingerprint density at radius 1 is 0.837 bits per heavy atom. The van der Waals surface area contributed by atoms with Crippen molar-refractivity contribution in [1.82, 2.24) is 0 Å². The fourth-order valence-electron chi connectivity index (χ4n) is 3.88. The molecule has 10 nitrogen and oxygen atoms in total. The van der Waals surface area contributed by atoms with Crippen LogP contribution < -0.4 is 14.2 Å². The maximum atomic E-state index is 11.0. The van der Waals surface area contributed by atoms with Crippen LogP contribution in [0.3, 0.4) is 0 Å². The fourth-order valence-corrected chi connectivity index (χ4v) is 3.88. The summed E-state index contributed by atoms with van der Waals surface area (Å²) in [6.45, 7) is 10.8. The average Bonchev–Trinajstić information content (AvgIpc) is 3.03. The van der Waals surface area contributed by atoms with Gasteiger partial charge in [0.2, 0.25) is 6.79 Å². The molecule has 1 unspecified atom stereocenters. The second kappa shape index (κ2) is 18.2. The van der Waals surface area contributed by atoms with Gasteiger partial charge in [0.05, 0.1) is 19.8 Å². The summed E-state index contributed by atoms with van der Waals surface area (Å²) in [5.41, 5.74) is 3.15. The summed E-state index contributed by atoms with van der Waals surface area (Å²) in [6, 6.07) is 20.0. The maximum Gasteiger partial charge on any atom is 0.330 e. The number of benzene rings is 3. The molecule has 0 heterocycles. The van der Waals surface area contributed by atoms with E-state index in [1.165, 1.54) is 0 Å². The first-order valence-electron chi connectivity index (χ1n) is 13.6. The van der Waals surface area contributed by atoms with Crippen LogP contribution in [0.25, 0.3) is 5.76 Å². The molecule has 0 bridgehead atoms. The number of hydrogen-bond acceptors (Lipinski definition) is 10. The zero-order valence-electron chi connectivity index (χ0n) is 24.5. The van der Waals surface area contributed by atoms with Crippen molar-refractivity contribution in [3.8, 4) is 17.2 Å². The van der Waals surface area contributed by atoms with Crippen LogP contribution in [-0.2, 0) is 28.6 Å². The number of carbonyl (C=O) groups excluding carboxylic acids is 1. The lowest BCUT2D eigenvalue weighted by atomic mass is 9.98. The van der Waals surface area contributed by atoms with E-state index in [0.717, 1.165) is 28.3 Å². The molecule has 0 aliphatic heterocycles. The van der Waals surface area contributed by atoms with Crippen molar-refractivity contribution in [2.24, 2.45) is 0 Å². The molecule has 0 fully saturated rings. The first-order chi connectivity index (χ1) is 20.9. The highest BCUT2D eigenvalue weighted by atomic mass is 17.1. The largest absolute Gasteiger partial charge is 0.493 e. The van der Waals surface area contributed by atoms with Crippen LogP contribution in [0, 0.1) is 6.92 Å². The summed E-state index contributed by atoms with van der Waals surface area (Å²) in [5.74, 6) is 1.99. The molecule has 1 atom stereocenters. The van der Waals surface area contributed by atoms with Crippen LogP contribution in [-0.4, -0.2) is 58.3 Å². The molecule has 43 heavy (non-hydrogen) atoms. The molecule has 0 aliphatic carbocycles. The highest BCUT2D eigenvalue weighted by molar-refractivity contribution is 5.81. The van der Waals surface area contributed by atoms with E-state index in [4.69, 9.17) is 38.0 Å². The van der Waals surface area contributed by atoms with Crippen LogP contribution in [0.1, 0.15) is 34.8 Å². The van der Waals surface area contributed by atoms with Gasteiger partial charge in [-0.15, -0.1) is 0 Å². The number of aryl methyl sites for hydroxylation is 1. The number of methoxy groups -OCH3 is 1. The van der Waals surface area contributed by atoms with E-state index < -0.39 is 12.1 Å². The molecule has 3 aromatic carbocycles. The quantitative estimate of drug-likeness (QED) is 0.0314.